The molecule has 2 N–H and O–H groups in total. The second-order valence-electron chi connectivity index (χ2n) is 7.25. The average molecular weight is 380 g/mol. The van der Waals surface area contributed by atoms with Crippen LogP contribution in [0.15, 0.2) is 18.3 Å². The highest BCUT2D eigenvalue weighted by Crippen LogP contribution is 2.35. The van der Waals surface area contributed by atoms with E-state index in [1.54, 1.807) is 27.6 Å². The van der Waals surface area contributed by atoms with Gasteiger partial charge in [-0.15, -0.1) is 0 Å². The van der Waals surface area contributed by atoms with Gasteiger partial charge in [0.1, 0.15) is 17.4 Å². The summed E-state index contributed by atoms with van der Waals surface area (Å²) in [6.07, 6.45) is 1.79. The Kier molecular flexibility index (Phi) is 4.43. The van der Waals surface area contributed by atoms with Gasteiger partial charge in [0, 0.05) is 25.7 Å². The van der Waals surface area contributed by atoms with Crippen molar-refractivity contribution in [1.29, 1.82) is 0 Å². The van der Waals surface area contributed by atoms with Crippen molar-refractivity contribution in [1.82, 2.24) is 14.3 Å². The van der Waals surface area contributed by atoms with Gasteiger partial charge in [-0.3, -0.25) is 9.20 Å². The lowest BCUT2D eigenvalue weighted by atomic mass is 9.82. The number of aromatic nitrogens is 2. The number of rotatable bonds is 1. The highest BCUT2D eigenvalue weighted by molar-refractivity contribution is 6.30. The summed E-state index contributed by atoms with van der Waals surface area (Å²) in [6, 6.07) is 3.54. The van der Waals surface area contributed by atoms with E-state index in [-0.39, 0.29) is 12.5 Å². The third-order valence-corrected chi connectivity index (χ3v) is 5.73. The summed E-state index contributed by atoms with van der Waals surface area (Å²) in [4.78, 5) is 19.3. The molecular formula is C18H22ClN3O4. The quantitative estimate of drug-likeness (QED) is 0.782. The second-order valence-corrected chi connectivity index (χ2v) is 7.68. The summed E-state index contributed by atoms with van der Waals surface area (Å²) in [7, 11) is 0. The number of piperidine rings is 1. The molecule has 140 valence electrons. The van der Waals surface area contributed by atoms with Crippen molar-refractivity contribution in [3.05, 3.63) is 34.7 Å². The molecule has 2 aliphatic rings. The summed E-state index contributed by atoms with van der Waals surface area (Å²) in [5, 5.41) is 20.2. The molecule has 0 saturated carbocycles. The molecule has 26 heavy (non-hydrogen) atoms. The predicted molar refractivity (Wildman–Crippen MR) is 95.4 cm³/mol. The van der Waals surface area contributed by atoms with E-state index >= 15 is 0 Å². The normalized spacial score (nSPS) is 25.8. The van der Waals surface area contributed by atoms with E-state index in [2.05, 4.69) is 4.98 Å². The third-order valence-electron chi connectivity index (χ3n) is 5.51. The van der Waals surface area contributed by atoms with Crippen LogP contribution in [0.2, 0.25) is 5.02 Å². The Morgan fingerprint density at radius 2 is 2.04 bits per heavy atom. The number of ether oxygens (including phenoxy) is 1. The Balaban J connectivity index is 1.53. The molecule has 7 nitrogen and oxygen atoms in total. The molecular weight excluding hydrogens is 358 g/mol. The van der Waals surface area contributed by atoms with Crippen LogP contribution in [0.25, 0.3) is 5.65 Å². The molecule has 0 aliphatic carbocycles. The fourth-order valence-electron chi connectivity index (χ4n) is 3.96. The molecule has 0 unspecified atom stereocenters. The van der Waals surface area contributed by atoms with Crippen LogP contribution in [-0.2, 0) is 4.74 Å². The number of halogens is 1. The minimum Gasteiger partial charge on any atom is -0.390 e. The molecule has 2 atom stereocenters. The van der Waals surface area contributed by atoms with Gasteiger partial charge in [-0.25, -0.2) is 4.98 Å². The minimum atomic E-state index is -0.828. The maximum Gasteiger partial charge on any atom is 0.272 e. The maximum atomic E-state index is 13.1. The van der Waals surface area contributed by atoms with Gasteiger partial charge in [-0.2, -0.15) is 0 Å². The summed E-state index contributed by atoms with van der Waals surface area (Å²) in [5.74, 6) is -0.0801. The van der Waals surface area contributed by atoms with Crippen LogP contribution in [0.3, 0.4) is 0 Å². The van der Waals surface area contributed by atoms with Crippen molar-refractivity contribution in [3.8, 4) is 0 Å². The summed E-state index contributed by atoms with van der Waals surface area (Å²) in [5.41, 5.74) is 1.44. The van der Waals surface area contributed by atoms with E-state index in [1.807, 2.05) is 6.92 Å². The Morgan fingerprint density at radius 1 is 1.31 bits per heavy atom. The van der Waals surface area contributed by atoms with Crippen molar-refractivity contribution >= 4 is 23.2 Å². The number of aliphatic hydroxyl groups excluding tert-OH is 2. The molecule has 8 heteroatoms. The molecule has 2 aromatic rings. The van der Waals surface area contributed by atoms with E-state index in [0.29, 0.717) is 54.4 Å². The molecule has 4 heterocycles. The molecule has 1 spiro atoms. The van der Waals surface area contributed by atoms with Crippen molar-refractivity contribution in [2.45, 2.75) is 44.0 Å². The fourth-order valence-corrected chi connectivity index (χ4v) is 4.12. The Morgan fingerprint density at radius 3 is 2.73 bits per heavy atom. The number of amides is 1. The Bertz CT molecular complexity index is 844. The van der Waals surface area contributed by atoms with Gasteiger partial charge in [0.2, 0.25) is 0 Å². The van der Waals surface area contributed by atoms with E-state index in [1.165, 1.54) is 0 Å². The number of pyridine rings is 1. The second kappa shape index (κ2) is 6.49. The van der Waals surface area contributed by atoms with Crippen molar-refractivity contribution < 1.29 is 19.7 Å². The van der Waals surface area contributed by atoms with Gasteiger partial charge in [-0.1, -0.05) is 11.6 Å². The van der Waals surface area contributed by atoms with Crippen LogP contribution in [0, 0.1) is 6.92 Å². The number of hydrogen-bond acceptors (Lipinski definition) is 5. The average Bonchev–Trinajstić information content (AvgIpc) is 2.94. The van der Waals surface area contributed by atoms with Crippen molar-refractivity contribution in [2.24, 2.45) is 0 Å². The number of likely N-dealkylation sites (tertiary alicyclic amines) is 1. The van der Waals surface area contributed by atoms with Crippen LogP contribution in [0.1, 0.15) is 35.4 Å². The fraction of sp³-hybridized carbons (Fsp3) is 0.556. The first-order valence-corrected chi connectivity index (χ1v) is 9.20. The number of aliphatic hydroxyl groups is 2. The Labute approximate surface area is 156 Å². The standard InChI is InChI=1S/C18H22ClN3O4/c1-11-16(22-9-12(19)2-3-15(22)20-11)17(25)21-6-4-18(5-7-21)8-13(23)14(24)10-26-18/h2-3,9,13-14,23-24H,4-8,10H2,1H3/t13-,14+/m1/s1. The van der Waals surface area contributed by atoms with E-state index in [4.69, 9.17) is 16.3 Å². The highest BCUT2D eigenvalue weighted by Gasteiger charge is 2.44. The van der Waals surface area contributed by atoms with E-state index < -0.39 is 17.8 Å². The molecule has 2 saturated heterocycles. The lowest BCUT2D eigenvalue weighted by molar-refractivity contribution is -0.185. The van der Waals surface area contributed by atoms with Gasteiger partial charge in [0.05, 0.1) is 29.0 Å². The molecule has 2 aliphatic heterocycles. The van der Waals surface area contributed by atoms with Gasteiger partial charge < -0.3 is 19.8 Å². The molecule has 1 amide bonds. The molecule has 2 aromatic heterocycles. The number of aryl methyl sites for hydroxylation is 1. The van der Waals surface area contributed by atoms with Crippen molar-refractivity contribution in [3.63, 3.8) is 0 Å². The molecule has 0 radical (unpaired) electrons. The number of fused-ring (bicyclic) bond motifs is 1. The van der Waals surface area contributed by atoms with Crippen molar-refractivity contribution in [2.75, 3.05) is 19.7 Å². The third kappa shape index (κ3) is 2.99. The van der Waals surface area contributed by atoms with Crippen LogP contribution >= 0.6 is 11.6 Å². The zero-order valence-corrected chi connectivity index (χ0v) is 15.3. The van der Waals surface area contributed by atoms with Crippen LogP contribution in [0.5, 0.6) is 0 Å². The smallest absolute Gasteiger partial charge is 0.272 e. The number of nitrogens with zero attached hydrogens (tertiary/aromatic N) is 3. The van der Waals surface area contributed by atoms with Gasteiger partial charge in [-0.05, 0) is 31.9 Å². The van der Waals surface area contributed by atoms with E-state index in [0.717, 1.165) is 0 Å². The van der Waals surface area contributed by atoms with Gasteiger partial charge >= 0.3 is 0 Å². The maximum absolute atomic E-state index is 13.1. The summed E-state index contributed by atoms with van der Waals surface area (Å²) >= 11 is 6.08. The zero-order chi connectivity index (χ0) is 18.5. The predicted octanol–water partition coefficient (Wildman–Crippen LogP) is 1.41. The van der Waals surface area contributed by atoms with Crippen LogP contribution in [0.4, 0.5) is 0 Å². The lowest BCUT2D eigenvalue weighted by Gasteiger charge is -2.46. The molecule has 2 fully saturated rings. The van der Waals surface area contributed by atoms with Gasteiger partial charge in [0.25, 0.3) is 5.91 Å². The largest absolute Gasteiger partial charge is 0.390 e. The number of carbonyl (C=O) groups is 1. The molecule has 0 aromatic carbocycles. The van der Waals surface area contributed by atoms with Crippen LogP contribution in [-0.4, -0.2) is 67.9 Å². The monoisotopic (exact) mass is 379 g/mol. The molecule has 4 rings (SSSR count). The lowest BCUT2D eigenvalue weighted by Crippen LogP contribution is -2.55. The van der Waals surface area contributed by atoms with Gasteiger partial charge in [0.15, 0.2) is 0 Å². The zero-order valence-electron chi connectivity index (χ0n) is 14.6. The SMILES string of the molecule is Cc1nc2ccc(Cl)cn2c1C(=O)N1CCC2(CC1)C[C@@H](O)[C@@H](O)CO2. The number of carbonyl (C=O) groups excluding carboxylic acids is 1. The van der Waals surface area contributed by atoms with Crippen LogP contribution < -0.4 is 0 Å². The topological polar surface area (TPSA) is 87.3 Å². The summed E-state index contributed by atoms with van der Waals surface area (Å²) in [6.45, 7) is 3.03. The highest BCUT2D eigenvalue weighted by atomic mass is 35.5. The Hall–Kier alpha value is -1.67. The number of hydrogen-bond donors (Lipinski definition) is 2. The first-order valence-electron chi connectivity index (χ1n) is 8.82. The number of imidazole rings is 1. The first kappa shape index (κ1) is 17.7. The minimum absolute atomic E-state index is 0.0801. The first-order chi connectivity index (χ1) is 12.4. The molecule has 0 bridgehead atoms. The van der Waals surface area contributed by atoms with E-state index in [9.17, 15) is 15.0 Å². The summed E-state index contributed by atoms with van der Waals surface area (Å²) < 4.78 is 7.57.